The Morgan fingerprint density at radius 3 is 2.69 bits per heavy atom. The van der Waals surface area contributed by atoms with Crippen molar-refractivity contribution >= 4 is 51.1 Å². The van der Waals surface area contributed by atoms with E-state index in [-0.39, 0.29) is 16.5 Å². The first-order valence-electron chi connectivity index (χ1n) is 11.6. The maximum atomic E-state index is 13.0. The highest BCUT2D eigenvalue weighted by atomic mass is 35.5. The lowest BCUT2D eigenvalue weighted by atomic mass is 10.2. The van der Waals surface area contributed by atoms with Crippen LogP contribution in [-0.4, -0.2) is 52.9 Å². The number of rotatable bonds is 10. The van der Waals surface area contributed by atoms with Gasteiger partial charge in [-0.05, 0) is 49.4 Å². The number of anilines is 2. The lowest BCUT2D eigenvalue weighted by Gasteiger charge is -2.21. The van der Waals surface area contributed by atoms with E-state index in [1.165, 1.54) is 29.4 Å². The van der Waals surface area contributed by atoms with Crippen molar-refractivity contribution in [2.45, 2.75) is 19.6 Å². The van der Waals surface area contributed by atoms with Crippen LogP contribution in [0.4, 0.5) is 24.7 Å². The van der Waals surface area contributed by atoms with Gasteiger partial charge in [-0.25, -0.2) is 14.2 Å². The number of likely N-dealkylation sites (N-methyl/N-ethyl adjacent to an activating group) is 1. The molecule has 2 aromatic heterocycles. The third-order valence-corrected chi connectivity index (χ3v) is 6.52. The Bertz CT molecular complexity index is 1510. The first-order chi connectivity index (χ1) is 18.5. The number of benzene rings is 2. The number of carbonyl (C=O) groups excluding carboxylic acids is 1. The second-order valence-corrected chi connectivity index (χ2v) is 9.64. The van der Waals surface area contributed by atoms with Crippen molar-refractivity contribution in [2.75, 3.05) is 24.2 Å². The minimum absolute atomic E-state index is 0.00685. The Labute approximate surface area is 228 Å². The molecular weight excluding hydrogens is 559 g/mol. The summed E-state index contributed by atoms with van der Waals surface area (Å²) in [5.41, 5.74) is 1.01. The molecule has 2 N–H and O–H groups in total. The fourth-order valence-electron chi connectivity index (χ4n) is 3.86. The predicted molar refractivity (Wildman–Crippen MR) is 142 cm³/mol. The Morgan fingerprint density at radius 2 is 2.00 bits per heavy atom. The van der Waals surface area contributed by atoms with Crippen molar-refractivity contribution in [1.29, 1.82) is 0 Å². The summed E-state index contributed by atoms with van der Waals surface area (Å²) < 4.78 is 66.5. The van der Waals surface area contributed by atoms with Gasteiger partial charge in [0.2, 0.25) is 5.91 Å². The van der Waals surface area contributed by atoms with E-state index in [1.807, 2.05) is 4.57 Å². The van der Waals surface area contributed by atoms with Gasteiger partial charge >= 0.3 is 6.18 Å². The van der Waals surface area contributed by atoms with Crippen LogP contribution in [0.1, 0.15) is 12.5 Å². The summed E-state index contributed by atoms with van der Waals surface area (Å²) in [6.07, 6.45) is -1.31. The van der Waals surface area contributed by atoms with E-state index in [2.05, 4.69) is 15.3 Å². The first kappa shape index (κ1) is 28.3. The van der Waals surface area contributed by atoms with E-state index in [1.54, 1.807) is 31.3 Å². The van der Waals surface area contributed by atoms with Crippen molar-refractivity contribution < 1.29 is 31.5 Å². The number of nitrogens with zero attached hydrogens (tertiary/aromatic N) is 4. The minimum atomic E-state index is -4.50. The van der Waals surface area contributed by atoms with Gasteiger partial charge in [-0.3, -0.25) is 4.79 Å². The molecule has 4 aromatic rings. The number of fused-ring (bicyclic) bond motifs is 1. The molecule has 39 heavy (non-hydrogen) atoms. The van der Waals surface area contributed by atoms with Crippen LogP contribution in [0.25, 0.3) is 11.0 Å². The van der Waals surface area contributed by atoms with Crippen molar-refractivity contribution in [3.8, 4) is 11.5 Å². The smallest absolute Gasteiger partial charge is 0.416 e. The highest BCUT2D eigenvalue weighted by molar-refractivity contribution is 7.80. The Balaban J connectivity index is 1.52. The topological polar surface area (TPSA) is 110 Å². The molecule has 2 aromatic carbocycles. The lowest BCUT2D eigenvalue weighted by molar-refractivity contribution is -0.137. The number of amides is 1. The highest BCUT2D eigenvalue weighted by Gasteiger charge is 2.30. The van der Waals surface area contributed by atoms with Gasteiger partial charge in [0.15, 0.2) is 16.9 Å². The number of alkyl halides is 3. The number of aromatic nitrogens is 3. The summed E-state index contributed by atoms with van der Waals surface area (Å²) in [6, 6.07) is 11.0. The van der Waals surface area contributed by atoms with E-state index in [9.17, 15) is 22.2 Å². The van der Waals surface area contributed by atoms with Crippen LogP contribution in [0.5, 0.6) is 11.5 Å². The second-order valence-electron chi connectivity index (χ2n) is 8.30. The summed E-state index contributed by atoms with van der Waals surface area (Å²) in [4.78, 5) is 22.3. The van der Waals surface area contributed by atoms with Crippen molar-refractivity contribution in [3.05, 3.63) is 71.6 Å². The zero-order chi connectivity index (χ0) is 28.2. The summed E-state index contributed by atoms with van der Waals surface area (Å²) in [5.74, 6) is -0.270. The van der Waals surface area contributed by atoms with Crippen molar-refractivity contribution in [1.82, 2.24) is 19.4 Å². The van der Waals surface area contributed by atoms with Gasteiger partial charge in [0.05, 0.1) is 16.1 Å². The van der Waals surface area contributed by atoms with Crippen LogP contribution >= 0.6 is 11.6 Å². The van der Waals surface area contributed by atoms with E-state index >= 15 is 0 Å². The molecular formula is C25H23ClF3N5O4S. The lowest BCUT2D eigenvalue weighted by Crippen LogP contribution is -2.36. The van der Waals surface area contributed by atoms with Gasteiger partial charge in [-0.15, -0.1) is 0 Å². The number of hydrogen-bond donors (Lipinski definition) is 2. The molecule has 0 bridgehead atoms. The molecule has 0 aliphatic rings. The van der Waals surface area contributed by atoms with E-state index in [4.69, 9.17) is 20.9 Å². The number of nitrogens with one attached hydrogen (secondary N) is 1. The highest BCUT2D eigenvalue weighted by Crippen LogP contribution is 2.36. The first-order valence-corrected chi connectivity index (χ1v) is 13.3. The number of carbonyl (C=O) groups is 1. The van der Waals surface area contributed by atoms with Crippen LogP contribution in [0, 0.1) is 0 Å². The average Bonchev–Trinajstić information content (AvgIpc) is 3.29. The van der Waals surface area contributed by atoms with Crippen LogP contribution in [0.2, 0.25) is 5.02 Å². The van der Waals surface area contributed by atoms with Gasteiger partial charge in [0.1, 0.15) is 29.1 Å². The van der Waals surface area contributed by atoms with Crippen LogP contribution < -0.4 is 10.1 Å². The van der Waals surface area contributed by atoms with Crippen LogP contribution in [-0.2, 0) is 28.6 Å². The molecule has 14 heteroatoms. The maximum absolute atomic E-state index is 13.0. The second kappa shape index (κ2) is 12.0. The van der Waals surface area contributed by atoms with Crippen molar-refractivity contribution in [2.24, 2.45) is 0 Å². The molecule has 0 radical (unpaired) electrons. The van der Waals surface area contributed by atoms with E-state index in [0.717, 1.165) is 12.1 Å². The van der Waals surface area contributed by atoms with E-state index < -0.39 is 34.5 Å². The number of ether oxygens (including phenoxy) is 1. The minimum Gasteiger partial charge on any atom is -0.456 e. The zero-order valence-electron chi connectivity index (χ0n) is 20.5. The molecule has 1 atom stereocenters. The molecule has 4 rings (SSSR count). The molecule has 0 saturated carbocycles. The summed E-state index contributed by atoms with van der Waals surface area (Å²) in [7, 11) is 0. The normalized spacial score (nSPS) is 12.4. The van der Waals surface area contributed by atoms with Crippen LogP contribution in [0.15, 0.2) is 61.1 Å². The standard InChI is InChI=1S/C25H23ClF3N5O4S/c1-2-33(22(35)14-39(36)37)10-11-34-9-8-20-23(34)24(31-15-30-20)32-17-6-7-21(19(26)13-17)38-18-5-3-4-16(12-18)25(27,28)29/h3-9,12-13,15H,2,10-11,14H2,1H3,(H,36,37)(H,30,31,32). The van der Waals surface area contributed by atoms with Gasteiger partial charge < -0.3 is 24.1 Å². The quantitative estimate of drug-likeness (QED) is 0.231. The predicted octanol–water partition coefficient (Wildman–Crippen LogP) is 5.71. The molecule has 0 aliphatic heterocycles. The Hall–Kier alpha value is -3.68. The molecule has 1 unspecified atom stereocenters. The van der Waals surface area contributed by atoms with Gasteiger partial charge in [-0.1, -0.05) is 17.7 Å². The monoisotopic (exact) mass is 581 g/mol. The molecule has 1 amide bonds. The molecule has 9 nitrogen and oxygen atoms in total. The molecule has 0 fully saturated rings. The third kappa shape index (κ3) is 7.05. The molecule has 0 saturated heterocycles. The Morgan fingerprint density at radius 1 is 1.21 bits per heavy atom. The van der Waals surface area contributed by atoms with Crippen LogP contribution in [0.3, 0.4) is 0 Å². The van der Waals surface area contributed by atoms with Gasteiger partial charge in [0.25, 0.3) is 0 Å². The number of hydrogen-bond acceptors (Lipinski definition) is 6. The fourth-order valence-corrected chi connectivity index (χ4v) is 4.47. The summed E-state index contributed by atoms with van der Waals surface area (Å²) in [5, 5.41) is 3.33. The largest absolute Gasteiger partial charge is 0.456 e. The summed E-state index contributed by atoms with van der Waals surface area (Å²) >= 11 is 4.15. The Kier molecular flexibility index (Phi) is 8.73. The molecule has 0 aliphatic carbocycles. The maximum Gasteiger partial charge on any atom is 0.416 e. The average molecular weight is 582 g/mol. The SMILES string of the molecule is CCN(CCn1ccc2ncnc(Nc3ccc(Oc4cccc(C(F)(F)F)c4)c(Cl)c3)c21)C(=O)CS(=O)O. The summed E-state index contributed by atoms with van der Waals surface area (Å²) in [6.45, 7) is 2.85. The molecule has 2 heterocycles. The third-order valence-electron chi connectivity index (χ3n) is 5.73. The van der Waals surface area contributed by atoms with Crippen molar-refractivity contribution in [3.63, 3.8) is 0 Å². The van der Waals surface area contributed by atoms with E-state index in [0.29, 0.717) is 42.2 Å². The zero-order valence-corrected chi connectivity index (χ0v) is 22.1. The molecule has 206 valence electrons. The molecule has 0 spiro atoms. The number of halogens is 4. The van der Waals surface area contributed by atoms with Gasteiger partial charge in [-0.2, -0.15) is 13.2 Å². The fraction of sp³-hybridized carbons (Fsp3) is 0.240. The van der Waals surface area contributed by atoms with Gasteiger partial charge in [0, 0.05) is 31.5 Å².